The number of nitrogen functional groups attached to an aromatic ring is 2. The summed E-state index contributed by atoms with van der Waals surface area (Å²) in [7, 11) is 0. The third-order valence-electron chi connectivity index (χ3n) is 5.41. The Balaban J connectivity index is 1.45. The first-order chi connectivity index (χ1) is 15.5. The van der Waals surface area contributed by atoms with Gasteiger partial charge in [-0.1, -0.05) is 73.5 Å². The van der Waals surface area contributed by atoms with E-state index < -0.39 is 0 Å². The number of rotatable bonds is 11. The largest absolute Gasteiger partial charge is 0.399 e. The molecule has 0 unspecified atom stereocenters. The number of carbonyl (C=O) groups is 2. The quantitative estimate of drug-likeness (QED) is 0.167. The first-order valence-corrected chi connectivity index (χ1v) is 11.1. The molecular formula is C28H30N2O2. The lowest BCUT2D eigenvalue weighted by Crippen LogP contribution is -2.02. The lowest BCUT2D eigenvalue weighted by atomic mass is 9.97. The number of hydrogen-bond acceptors (Lipinski definition) is 4. The predicted octanol–water partition coefficient (Wildman–Crippen LogP) is 6.12. The third kappa shape index (κ3) is 6.95. The topological polar surface area (TPSA) is 86.2 Å². The van der Waals surface area contributed by atoms with Gasteiger partial charge in [0.2, 0.25) is 0 Å². The SMILES string of the molecule is Nc1cc(N)cc(C(=O)CCCCCCc2ccccc2C(=O)C=Cc2ccccc2)c1. The molecule has 4 heteroatoms. The Labute approximate surface area is 190 Å². The van der Waals surface area contributed by atoms with Crippen molar-refractivity contribution in [2.45, 2.75) is 38.5 Å². The summed E-state index contributed by atoms with van der Waals surface area (Å²) in [5, 5.41) is 0. The first kappa shape index (κ1) is 23.0. The number of allylic oxidation sites excluding steroid dienone is 1. The van der Waals surface area contributed by atoms with Crippen LogP contribution < -0.4 is 11.5 Å². The van der Waals surface area contributed by atoms with Crippen molar-refractivity contribution >= 4 is 29.0 Å². The van der Waals surface area contributed by atoms with Crippen molar-refractivity contribution in [1.82, 2.24) is 0 Å². The number of nitrogens with two attached hydrogens (primary N) is 2. The molecule has 0 aliphatic carbocycles. The Morgan fingerprint density at radius 3 is 2.16 bits per heavy atom. The average Bonchev–Trinajstić information content (AvgIpc) is 2.80. The van der Waals surface area contributed by atoms with Gasteiger partial charge in [-0.15, -0.1) is 0 Å². The highest BCUT2D eigenvalue weighted by Gasteiger charge is 2.09. The third-order valence-corrected chi connectivity index (χ3v) is 5.41. The lowest BCUT2D eigenvalue weighted by Gasteiger charge is -2.07. The molecule has 32 heavy (non-hydrogen) atoms. The molecule has 0 saturated heterocycles. The van der Waals surface area contributed by atoms with Crippen LogP contribution in [0.5, 0.6) is 0 Å². The molecule has 0 aliphatic heterocycles. The van der Waals surface area contributed by atoms with Gasteiger partial charge >= 0.3 is 0 Å². The summed E-state index contributed by atoms with van der Waals surface area (Å²) in [6, 6.07) is 22.6. The minimum absolute atomic E-state index is 0.0245. The van der Waals surface area contributed by atoms with Gasteiger partial charge in [0.25, 0.3) is 0 Å². The van der Waals surface area contributed by atoms with Crippen LogP contribution in [0.25, 0.3) is 6.08 Å². The van der Waals surface area contributed by atoms with Crippen molar-refractivity contribution in [3.63, 3.8) is 0 Å². The fraction of sp³-hybridized carbons (Fsp3) is 0.214. The van der Waals surface area contributed by atoms with Gasteiger partial charge in [-0.3, -0.25) is 9.59 Å². The van der Waals surface area contributed by atoms with Crippen LogP contribution in [0.15, 0.2) is 78.9 Å². The van der Waals surface area contributed by atoms with E-state index in [1.165, 1.54) is 0 Å². The molecule has 4 N–H and O–H groups in total. The zero-order valence-corrected chi connectivity index (χ0v) is 18.3. The highest BCUT2D eigenvalue weighted by molar-refractivity contribution is 6.07. The average molecular weight is 427 g/mol. The van der Waals surface area contributed by atoms with Gasteiger partial charge in [0.1, 0.15) is 0 Å². The molecule has 164 valence electrons. The zero-order valence-electron chi connectivity index (χ0n) is 18.3. The van der Waals surface area contributed by atoms with Crippen molar-refractivity contribution in [2.24, 2.45) is 0 Å². The molecule has 0 aliphatic rings. The Morgan fingerprint density at radius 2 is 1.41 bits per heavy atom. The number of aryl methyl sites for hydroxylation is 1. The number of unbranched alkanes of at least 4 members (excludes halogenated alkanes) is 3. The molecule has 0 aromatic heterocycles. The summed E-state index contributed by atoms with van der Waals surface area (Å²) < 4.78 is 0. The number of hydrogen-bond donors (Lipinski definition) is 2. The van der Waals surface area contributed by atoms with Gasteiger partial charge in [-0.05, 0) is 54.7 Å². The summed E-state index contributed by atoms with van der Waals surface area (Å²) in [6.45, 7) is 0. The molecule has 3 aromatic carbocycles. The number of benzene rings is 3. The van der Waals surface area contributed by atoms with Crippen molar-refractivity contribution in [3.8, 4) is 0 Å². The zero-order chi connectivity index (χ0) is 22.8. The Bertz CT molecular complexity index is 1070. The number of anilines is 2. The molecule has 0 radical (unpaired) electrons. The molecule has 0 amide bonds. The fourth-order valence-electron chi connectivity index (χ4n) is 3.74. The monoisotopic (exact) mass is 426 g/mol. The smallest absolute Gasteiger partial charge is 0.186 e. The number of ketones is 2. The summed E-state index contributed by atoms with van der Waals surface area (Å²) >= 11 is 0. The van der Waals surface area contributed by atoms with Crippen LogP contribution in [0, 0.1) is 0 Å². The van der Waals surface area contributed by atoms with E-state index in [0.717, 1.165) is 48.8 Å². The molecule has 0 fully saturated rings. The molecule has 0 saturated carbocycles. The van der Waals surface area contributed by atoms with E-state index in [-0.39, 0.29) is 11.6 Å². The normalized spacial score (nSPS) is 11.0. The molecule has 0 heterocycles. The van der Waals surface area contributed by atoms with Gasteiger partial charge in [-0.2, -0.15) is 0 Å². The molecule has 3 rings (SSSR count). The molecular weight excluding hydrogens is 396 g/mol. The lowest BCUT2D eigenvalue weighted by molar-refractivity contribution is 0.0978. The Morgan fingerprint density at radius 1 is 0.750 bits per heavy atom. The van der Waals surface area contributed by atoms with Crippen molar-refractivity contribution in [1.29, 1.82) is 0 Å². The van der Waals surface area contributed by atoms with E-state index in [9.17, 15) is 9.59 Å². The summed E-state index contributed by atoms with van der Waals surface area (Å²) in [5.41, 5.74) is 16.0. The molecule has 3 aromatic rings. The second-order valence-electron chi connectivity index (χ2n) is 7.99. The van der Waals surface area contributed by atoms with Gasteiger partial charge in [-0.25, -0.2) is 0 Å². The Kier molecular flexibility index (Phi) is 8.38. The van der Waals surface area contributed by atoms with Crippen LogP contribution in [-0.2, 0) is 6.42 Å². The standard InChI is InChI=1S/C28H30N2O2/c29-24-18-23(19-25(30)20-24)27(31)15-7-2-1-6-12-22-13-8-9-14-26(22)28(32)17-16-21-10-4-3-5-11-21/h3-5,8-11,13-14,16-20H,1-2,6-7,12,15,29-30H2. The van der Waals surface area contributed by atoms with E-state index in [0.29, 0.717) is 23.4 Å². The second kappa shape index (κ2) is 11.7. The molecule has 0 bridgehead atoms. The van der Waals surface area contributed by atoms with Crippen molar-refractivity contribution in [3.05, 3.63) is 101 Å². The van der Waals surface area contributed by atoms with Gasteiger partial charge in [0, 0.05) is 28.9 Å². The Hall–Kier alpha value is -3.66. The molecule has 0 spiro atoms. The van der Waals surface area contributed by atoms with Crippen LogP contribution >= 0.6 is 0 Å². The maximum atomic E-state index is 12.7. The van der Waals surface area contributed by atoms with E-state index in [4.69, 9.17) is 11.5 Å². The van der Waals surface area contributed by atoms with Crippen LogP contribution in [0.3, 0.4) is 0 Å². The van der Waals surface area contributed by atoms with E-state index >= 15 is 0 Å². The van der Waals surface area contributed by atoms with Crippen LogP contribution in [0.4, 0.5) is 11.4 Å². The van der Waals surface area contributed by atoms with Crippen molar-refractivity contribution < 1.29 is 9.59 Å². The minimum atomic E-state index is 0.0245. The van der Waals surface area contributed by atoms with Gasteiger partial charge < -0.3 is 11.5 Å². The second-order valence-corrected chi connectivity index (χ2v) is 7.99. The summed E-state index contributed by atoms with van der Waals surface area (Å²) in [6.07, 6.45) is 8.61. The summed E-state index contributed by atoms with van der Waals surface area (Å²) in [5.74, 6) is 0.0987. The van der Waals surface area contributed by atoms with Crippen LogP contribution in [0.1, 0.15) is 63.9 Å². The van der Waals surface area contributed by atoms with Gasteiger partial charge in [0.15, 0.2) is 11.6 Å². The summed E-state index contributed by atoms with van der Waals surface area (Å²) in [4.78, 5) is 25.0. The fourth-order valence-corrected chi connectivity index (χ4v) is 3.74. The number of Topliss-reactive ketones (excluding diaryl/α,β-unsaturated/α-hetero) is 1. The highest BCUT2D eigenvalue weighted by Crippen LogP contribution is 2.18. The minimum Gasteiger partial charge on any atom is -0.399 e. The van der Waals surface area contributed by atoms with Crippen molar-refractivity contribution in [2.75, 3.05) is 11.5 Å². The molecule has 4 nitrogen and oxygen atoms in total. The maximum Gasteiger partial charge on any atom is 0.186 e. The van der Waals surface area contributed by atoms with E-state index in [1.807, 2.05) is 60.7 Å². The molecule has 0 atom stereocenters. The van der Waals surface area contributed by atoms with Crippen LogP contribution in [-0.4, -0.2) is 11.6 Å². The first-order valence-electron chi connectivity index (χ1n) is 11.1. The van der Waals surface area contributed by atoms with Gasteiger partial charge in [0.05, 0.1) is 0 Å². The number of carbonyl (C=O) groups excluding carboxylic acids is 2. The van der Waals surface area contributed by atoms with E-state index in [1.54, 1.807) is 24.3 Å². The van der Waals surface area contributed by atoms with E-state index in [2.05, 4.69) is 0 Å². The maximum absolute atomic E-state index is 12.7. The highest BCUT2D eigenvalue weighted by atomic mass is 16.1. The predicted molar refractivity (Wildman–Crippen MR) is 133 cm³/mol. The van der Waals surface area contributed by atoms with Crippen LogP contribution in [0.2, 0.25) is 0 Å².